The minimum atomic E-state index is -1.14. The van der Waals surface area contributed by atoms with Crippen LogP contribution in [0.15, 0.2) is 34.1 Å². The van der Waals surface area contributed by atoms with Gasteiger partial charge in [0.25, 0.3) is 0 Å². The lowest BCUT2D eigenvalue weighted by Gasteiger charge is -2.30. The molecule has 3 rings (SSSR count). The molecular formula is C22H28BrN3O3S. The first kappa shape index (κ1) is 22.6. The molecule has 2 atom stereocenters. The minimum Gasteiger partial charge on any atom is -0.399 e. The summed E-state index contributed by atoms with van der Waals surface area (Å²) < 4.78 is 6.10. The normalized spacial score (nSPS) is 18.9. The molecule has 6 nitrogen and oxygen atoms in total. The second kappa shape index (κ2) is 8.98. The fourth-order valence-electron chi connectivity index (χ4n) is 3.76. The maximum absolute atomic E-state index is 12.8. The third-order valence-corrected chi connectivity index (χ3v) is 6.91. The summed E-state index contributed by atoms with van der Waals surface area (Å²) in [6, 6.07) is 10.5. The van der Waals surface area contributed by atoms with Crippen LogP contribution in [-0.4, -0.2) is 29.6 Å². The van der Waals surface area contributed by atoms with Gasteiger partial charge in [0.2, 0.25) is 5.91 Å². The van der Waals surface area contributed by atoms with Crippen molar-refractivity contribution in [2.75, 3.05) is 10.2 Å². The lowest BCUT2D eigenvalue weighted by molar-refractivity contribution is -0.121. The number of aryl methyl sites for hydroxylation is 1. The summed E-state index contributed by atoms with van der Waals surface area (Å²) >= 11 is 4.62. The van der Waals surface area contributed by atoms with Crippen molar-refractivity contribution in [2.24, 2.45) is 0 Å². The Morgan fingerprint density at radius 1 is 1.17 bits per heavy atom. The largest absolute Gasteiger partial charge is 0.414 e. The Labute approximate surface area is 190 Å². The van der Waals surface area contributed by atoms with Crippen molar-refractivity contribution in [1.82, 2.24) is 5.32 Å². The van der Waals surface area contributed by atoms with E-state index in [1.165, 1.54) is 29.9 Å². The topological polar surface area (TPSA) is 70.7 Å². The Morgan fingerprint density at radius 3 is 2.40 bits per heavy atom. The van der Waals surface area contributed by atoms with Gasteiger partial charge in [-0.25, -0.2) is 4.79 Å². The van der Waals surface area contributed by atoms with Crippen LogP contribution in [0.25, 0.3) is 0 Å². The highest BCUT2D eigenvalue weighted by Gasteiger charge is 2.31. The summed E-state index contributed by atoms with van der Waals surface area (Å²) in [5.41, 5.74) is 1.87. The van der Waals surface area contributed by atoms with E-state index in [1.54, 1.807) is 26.0 Å². The second-order valence-corrected chi connectivity index (χ2v) is 10.8. The molecule has 162 valence electrons. The van der Waals surface area contributed by atoms with Gasteiger partial charge in [-0.3, -0.25) is 4.79 Å². The summed E-state index contributed by atoms with van der Waals surface area (Å²) in [5.74, 6) is -0.318. The van der Waals surface area contributed by atoms with Crippen molar-refractivity contribution in [3.63, 3.8) is 0 Å². The highest BCUT2D eigenvalue weighted by Crippen LogP contribution is 2.34. The first-order valence-corrected chi connectivity index (χ1v) is 11.6. The van der Waals surface area contributed by atoms with E-state index in [9.17, 15) is 9.59 Å². The standard InChI is InChI=1S/C22H28BrN3O3S/c1-13-12-16(8-9-17(13)26-14(2)6-7-15(26)3)24-20(27)22(4,5)25-21(28)29-19-11-10-18(23)30-19/h8-12,14-15H,6-7H2,1-5H3,(H,24,27)(H,25,28). The molecule has 0 bridgehead atoms. The van der Waals surface area contributed by atoms with Gasteiger partial charge in [0, 0.05) is 23.5 Å². The van der Waals surface area contributed by atoms with E-state index in [1.807, 2.05) is 12.1 Å². The number of halogens is 1. The molecule has 0 aliphatic carbocycles. The number of amides is 2. The minimum absolute atomic E-state index is 0.318. The van der Waals surface area contributed by atoms with Crippen molar-refractivity contribution in [3.8, 4) is 5.06 Å². The predicted octanol–water partition coefficient (Wildman–Crippen LogP) is 5.70. The summed E-state index contributed by atoms with van der Waals surface area (Å²) in [5, 5.41) is 5.98. The molecule has 1 aliphatic heterocycles. The molecule has 0 saturated carbocycles. The van der Waals surface area contributed by atoms with Gasteiger partial charge >= 0.3 is 6.09 Å². The van der Waals surface area contributed by atoms with Gasteiger partial charge in [-0.2, -0.15) is 0 Å². The Balaban J connectivity index is 1.64. The zero-order valence-electron chi connectivity index (χ0n) is 17.9. The first-order valence-electron chi connectivity index (χ1n) is 10.0. The van der Waals surface area contributed by atoms with Crippen molar-refractivity contribution in [1.29, 1.82) is 0 Å². The molecule has 30 heavy (non-hydrogen) atoms. The number of nitrogens with zero attached hydrogens (tertiary/aromatic N) is 1. The third-order valence-electron chi connectivity index (χ3n) is 5.41. The highest BCUT2D eigenvalue weighted by molar-refractivity contribution is 9.11. The number of nitrogens with one attached hydrogen (secondary N) is 2. The molecule has 1 fully saturated rings. The Morgan fingerprint density at radius 2 is 1.83 bits per heavy atom. The van der Waals surface area contributed by atoms with Gasteiger partial charge in [-0.1, -0.05) is 11.3 Å². The number of hydrogen-bond acceptors (Lipinski definition) is 5. The molecule has 8 heteroatoms. The SMILES string of the molecule is Cc1cc(NC(=O)C(C)(C)NC(=O)Oc2ccc(Br)s2)ccc1N1C(C)CCC1C. The lowest BCUT2D eigenvalue weighted by Crippen LogP contribution is -2.53. The van der Waals surface area contributed by atoms with Crippen LogP contribution in [-0.2, 0) is 4.79 Å². The highest BCUT2D eigenvalue weighted by atomic mass is 79.9. The molecule has 2 heterocycles. The maximum Gasteiger partial charge on any atom is 0.414 e. The van der Waals surface area contributed by atoms with E-state index in [0.29, 0.717) is 22.8 Å². The average Bonchev–Trinajstić information content (AvgIpc) is 3.20. The number of carbonyl (C=O) groups is 2. The van der Waals surface area contributed by atoms with Crippen molar-refractivity contribution >= 4 is 50.6 Å². The van der Waals surface area contributed by atoms with E-state index in [0.717, 1.165) is 9.35 Å². The van der Waals surface area contributed by atoms with E-state index in [2.05, 4.69) is 58.3 Å². The number of ether oxygens (including phenoxy) is 1. The predicted molar refractivity (Wildman–Crippen MR) is 126 cm³/mol. The number of thiophene rings is 1. The van der Waals surface area contributed by atoms with Crippen molar-refractivity contribution < 1.29 is 14.3 Å². The molecule has 1 saturated heterocycles. The summed E-state index contributed by atoms with van der Waals surface area (Å²) in [7, 11) is 0. The molecule has 2 N–H and O–H groups in total. The third kappa shape index (κ3) is 5.16. The molecule has 2 amide bonds. The van der Waals surface area contributed by atoms with Crippen LogP contribution < -0.4 is 20.3 Å². The number of rotatable bonds is 5. The van der Waals surface area contributed by atoms with Gasteiger partial charge < -0.3 is 20.3 Å². The molecular weight excluding hydrogens is 466 g/mol. The van der Waals surface area contributed by atoms with Crippen LogP contribution in [0.2, 0.25) is 0 Å². The number of carbonyl (C=O) groups excluding carboxylic acids is 2. The summed E-state index contributed by atoms with van der Waals surface area (Å²) in [6.07, 6.45) is 1.71. The van der Waals surface area contributed by atoms with E-state index >= 15 is 0 Å². The van der Waals surface area contributed by atoms with E-state index < -0.39 is 11.6 Å². The monoisotopic (exact) mass is 493 g/mol. The summed E-state index contributed by atoms with van der Waals surface area (Å²) in [4.78, 5) is 27.4. The van der Waals surface area contributed by atoms with E-state index in [4.69, 9.17) is 4.74 Å². The van der Waals surface area contributed by atoms with Crippen molar-refractivity contribution in [2.45, 2.75) is 65.1 Å². The Bertz CT molecular complexity index is 933. The zero-order chi connectivity index (χ0) is 22.1. The lowest BCUT2D eigenvalue weighted by atomic mass is 10.0. The molecule has 0 radical (unpaired) electrons. The Hall–Kier alpha value is -2.06. The van der Waals surface area contributed by atoms with Crippen LogP contribution in [0.5, 0.6) is 5.06 Å². The number of benzene rings is 1. The first-order chi connectivity index (χ1) is 14.1. The Kier molecular flexibility index (Phi) is 6.77. The molecule has 1 aromatic heterocycles. The quantitative estimate of drug-likeness (QED) is 0.559. The van der Waals surface area contributed by atoms with Gasteiger partial charge in [-0.15, -0.1) is 0 Å². The smallest absolute Gasteiger partial charge is 0.399 e. The van der Waals surface area contributed by atoms with E-state index in [-0.39, 0.29) is 5.91 Å². The van der Waals surface area contributed by atoms with Crippen LogP contribution >= 0.6 is 27.3 Å². The molecule has 2 aromatic rings. The van der Waals surface area contributed by atoms with Crippen LogP contribution in [0, 0.1) is 6.92 Å². The van der Waals surface area contributed by atoms with Crippen LogP contribution in [0.4, 0.5) is 16.2 Å². The fraction of sp³-hybridized carbons (Fsp3) is 0.455. The zero-order valence-corrected chi connectivity index (χ0v) is 20.3. The average molecular weight is 494 g/mol. The van der Waals surface area contributed by atoms with Gasteiger partial charge in [-0.05, 0) is 99.3 Å². The molecule has 0 spiro atoms. The molecule has 2 unspecified atom stereocenters. The van der Waals surface area contributed by atoms with Gasteiger partial charge in [0.05, 0.1) is 3.79 Å². The molecule has 1 aromatic carbocycles. The van der Waals surface area contributed by atoms with Crippen molar-refractivity contribution in [3.05, 3.63) is 39.7 Å². The second-order valence-electron chi connectivity index (χ2n) is 8.34. The van der Waals surface area contributed by atoms with Gasteiger partial charge in [0.1, 0.15) is 5.54 Å². The maximum atomic E-state index is 12.8. The molecule has 1 aliphatic rings. The number of anilines is 2. The fourth-order valence-corrected chi connectivity index (χ4v) is 4.95. The number of hydrogen-bond donors (Lipinski definition) is 2. The summed E-state index contributed by atoms with van der Waals surface area (Å²) in [6.45, 7) is 9.84. The van der Waals surface area contributed by atoms with Crippen LogP contribution in [0.1, 0.15) is 46.1 Å². The van der Waals surface area contributed by atoms with Crippen LogP contribution in [0.3, 0.4) is 0 Å². The van der Waals surface area contributed by atoms with Gasteiger partial charge in [0.15, 0.2) is 5.06 Å².